The molecule has 0 amide bonds. The van der Waals surface area contributed by atoms with Crippen LogP contribution in [0.2, 0.25) is 0 Å². The summed E-state index contributed by atoms with van der Waals surface area (Å²) in [6, 6.07) is 6.59. The van der Waals surface area contributed by atoms with Crippen molar-refractivity contribution in [1.29, 1.82) is 0 Å². The molecule has 1 unspecified atom stereocenters. The average Bonchev–Trinajstić information content (AvgIpc) is 2.96. The minimum absolute atomic E-state index is 0.110. The molecule has 0 aromatic heterocycles. The Hall–Kier alpha value is -3.25. The SMILES string of the molecule is COc1ccc(CCC(=O)c2c(O)cc(O[C@@H]3O[C@H](CO)[C@@H](O)[C@H](O)[C@H]3O[C@@H]3O[C@@H](C)[C@H](O)C(O)[C@H]3O)cc2O)cc1O. The number of rotatable bonds is 10. The van der Waals surface area contributed by atoms with Gasteiger partial charge in [0.05, 0.1) is 19.8 Å². The van der Waals surface area contributed by atoms with Gasteiger partial charge < -0.3 is 69.6 Å². The van der Waals surface area contributed by atoms with Gasteiger partial charge in [0.2, 0.25) is 6.29 Å². The Balaban J connectivity index is 1.51. The van der Waals surface area contributed by atoms with Crippen LogP contribution in [0.1, 0.15) is 29.3 Å². The van der Waals surface area contributed by atoms with Crippen molar-refractivity contribution < 1.29 is 74.4 Å². The van der Waals surface area contributed by atoms with Crippen LogP contribution in [0.25, 0.3) is 0 Å². The third kappa shape index (κ3) is 6.95. The van der Waals surface area contributed by atoms with Gasteiger partial charge in [0.25, 0.3) is 0 Å². The van der Waals surface area contributed by atoms with Gasteiger partial charge in [0.15, 0.2) is 29.7 Å². The zero-order valence-corrected chi connectivity index (χ0v) is 23.3. The Morgan fingerprint density at radius 2 is 1.51 bits per heavy atom. The number of aliphatic hydroxyl groups excluding tert-OH is 6. The van der Waals surface area contributed by atoms with E-state index < -0.39 is 90.9 Å². The second kappa shape index (κ2) is 13.6. The van der Waals surface area contributed by atoms with Crippen molar-refractivity contribution in [1.82, 2.24) is 0 Å². The van der Waals surface area contributed by atoms with Gasteiger partial charge in [-0.15, -0.1) is 0 Å². The fourth-order valence-electron chi connectivity index (χ4n) is 4.93. The van der Waals surface area contributed by atoms with Crippen LogP contribution >= 0.6 is 0 Å². The Labute approximate surface area is 245 Å². The summed E-state index contributed by atoms with van der Waals surface area (Å²) in [7, 11) is 1.40. The summed E-state index contributed by atoms with van der Waals surface area (Å²) in [4.78, 5) is 12.9. The lowest BCUT2D eigenvalue weighted by Gasteiger charge is -2.45. The molecule has 4 rings (SSSR count). The van der Waals surface area contributed by atoms with Gasteiger partial charge in [-0.05, 0) is 31.0 Å². The van der Waals surface area contributed by atoms with Crippen LogP contribution in [0, 0.1) is 0 Å². The molecule has 0 spiro atoms. The standard InChI is InChI=1S/C28H36O15/c1-11-21(34)23(36)25(38)27(40-11)43-26-24(37)22(35)19(10-29)42-28(26)41-13-8-16(32)20(17(33)9-13)14(30)5-3-12-4-6-18(39-2)15(31)7-12/h4,6-9,11,19,21-29,31-38H,3,5,10H2,1-2H3/t11-,19+,21-,22+,23?,24-,25+,26+,27-,28+/m0/s1. The molecule has 0 saturated carbocycles. The molecule has 10 atom stereocenters. The maximum Gasteiger partial charge on any atom is 0.229 e. The molecular formula is C28H36O15. The third-order valence-corrected chi connectivity index (χ3v) is 7.41. The summed E-state index contributed by atoms with van der Waals surface area (Å²) in [6.07, 6.45) is -15.5. The number of ether oxygens (including phenoxy) is 5. The van der Waals surface area contributed by atoms with Gasteiger partial charge in [0, 0.05) is 18.6 Å². The Morgan fingerprint density at radius 3 is 2.12 bits per heavy atom. The third-order valence-electron chi connectivity index (χ3n) is 7.41. The van der Waals surface area contributed by atoms with Crippen molar-refractivity contribution >= 4 is 5.78 Å². The minimum Gasteiger partial charge on any atom is -0.507 e. The number of phenols is 3. The normalized spacial score (nSPS) is 32.7. The highest BCUT2D eigenvalue weighted by Crippen LogP contribution is 2.37. The largest absolute Gasteiger partial charge is 0.507 e. The number of aromatic hydroxyl groups is 3. The summed E-state index contributed by atoms with van der Waals surface area (Å²) in [5, 5.41) is 92.3. The second-order valence-electron chi connectivity index (χ2n) is 10.4. The van der Waals surface area contributed by atoms with Gasteiger partial charge in [-0.25, -0.2) is 0 Å². The van der Waals surface area contributed by atoms with Gasteiger partial charge in [0.1, 0.15) is 59.4 Å². The molecule has 0 bridgehead atoms. The summed E-state index contributed by atoms with van der Waals surface area (Å²) in [5.41, 5.74) is 0.208. The Bertz CT molecular complexity index is 1250. The van der Waals surface area contributed by atoms with Crippen molar-refractivity contribution in [2.75, 3.05) is 13.7 Å². The van der Waals surface area contributed by atoms with Crippen molar-refractivity contribution in [3.05, 3.63) is 41.5 Å². The molecule has 2 heterocycles. The highest BCUT2D eigenvalue weighted by Gasteiger charge is 2.51. The highest BCUT2D eigenvalue weighted by atomic mass is 16.8. The van der Waals surface area contributed by atoms with Crippen LogP contribution in [-0.4, -0.2) is 127 Å². The number of benzene rings is 2. The van der Waals surface area contributed by atoms with Crippen molar-refractivity contribution in [3.63, 3.8) is 0 Å². The van der Waals surface area contributed by atoms with Crippen molar-refractivity contribution in [3.8, 4) is 28.7 Å². The number of carbonyl (C=O) groups excluding carboxylic acids is 1. The van der Waals surface area contributed by atoms with E-state index in [2.05, 4.69) is 0 Å². The van der Waals surface area contributed by atoms with Crippen LogP contribution in [0.4, 0.5) is 0 Å². The lowest BCUT2D eigenvalue weighted by Crippen LogP contribution is -2.64. The van der Waals surface area contributed by atoms with E-state index >= 15 is 0 Å². The molecule has 2 saturated heterocycles. The van der Waals surface area contributed by atoms with Crippen LogP contribution in [0.3, 0.4) is 0 Å². The number of ketones is 1. The molecule has 238 valence electrons. The monoisotopic (exact) mass is 612 g/mol. The van der Waals surface area contributed by atoms with E-state index in [0.29, 0.717) is 5.56 Å². The molecule has 15 heteroatoms. The lowest BCUT2D eigenvalue weighted by molar-refractivity contribution is -0.354. The Kier molecular flexibility index (Phi) is 10.3. The van der Waals surface area contributed by atoms with Gasteiger partial charge in [-0.1, -0.05) is 6.07 Å². The molecule has 2 aromatic rings. The summed E-state index contributed by atoms with van der Waals surface area (Å²) in [5.74, 6) is -2.04. The van der Waals surface area contributed by atoms with Crippen LogP contribution in [0.15, 0.2) is 30.3 Å². The zero-order valence-electron chi connectivity index (χ0n) is 23.3. The molecule has 2 aliphatic rings. The average molecular weight is 613 g/mol. The van der Waals surface area contributed by atoms with Crippen LogP contribution < -0.4 is 9.47 Å². The molecule has 2 fully saturated rings. The number of methoxy groups -OCH3 is 1. The predicted octanol–water partition coefficient (Wildman–Crippen LogP) is -1.34. The number of phenolic OH excluding ortho intramolecular Hbond substituents is 3. The van der Waals surface area contributed by atoms with Crippen molar-refractivity contribution in [2.24, 2.45) is 0 Å². The van der Waals surface area contributed by atoms with Crippen molar-refractivity contribution in [2.45, 2.75) is 81.2 Å². The number of Topliss-reactive ketones (excluding diaryl/α,β-unsaturated/α-hetero) is 1. The Morgan fingerprint density at radius 1 is 0.837 bits per heavy atom. The minimum atomic E-state index is -1.79. The summed E-state index contributed by atoms with van der Waals surface area (Å²) >= 11 is 0. The van der Waals surface area contributed by atoms with E-state index in [9.17, 15) is 50.8 Å². The quantitative estimate of drug-likeness (QED) is 0.141. The zero-order chi connectivity index (χ0) is 31.6. The van der Waals surface area contributed by atoms with E-state index in [-0.39, 0.29) is 30.1 Å². The molecule has 43 heavy (non-hydrogen) atoms. The summed E-state index contributed by atoms with van der Waals surface area (Å²) in [6.45, 7) is 0.662. The highest BCUT2D eigenvalue weighted by molar-refractivity contribution is 6.01. The molecule has 2 aromatic carbocycles. The van der Waals surface area contributed by atoms with Gasteiger partial charge in [-0.2, -0.15) is 0 Å². The lowest BCUT2D eigenvalue weighted by atomic mass is 9.97. The first-order valence-corrected chi connectivity index (χ1v) is 13.5. The maximum absolute atomic E-state index is 12.9. The first-order valence-electron chi connectivity index (χ1n) is 13.5. The molecule has 0 radical (unpaired) electrons. The number of carbonyl (C=O) groups is 1. The van der Waals surface area contributed by atoms with E-state index in [1.54, 1.807) is 6.07 Å². The first kappa shape index (κ1) is 32.7. The number of aliphatic hydroxyl groups is 6. The van der Waals surface area contributed by atoms with Gasteiger partial charge >= 0.3 is 0 Å². The summed E-state index contributed by atoms with van der Waals surface area (Å²) < 4.78 is 27.2. The first-order chi connectivity index (χ1) is 20.4. The predicted molar refractivity (Wildman–Crippen MR) is 143 cm³/mol. The molecular weight excluding hydrogens is 576 g/mol. The number of hydrogen-bond acceptors (Lipinski definition) is 15. The molecule has 15 nitrogen and oxygen atoms in total. The second-order valence-corrected chi connectivity index (χ2v) is 10.4. The molecule has 0 aliphatic carbocycles. The van der Waals surface area contributed by atoms with E-state index in [4.69, 9.17) is 23.7 Å². The number of hydrogen-bond donors (Lipinski definition) is 9. The maximum atomic E-state index is 12.9. The van der Waals surface area contributed by atoms with E-state index in [1.807, 2.05) is 0 Å². The van der Waals surface area contributed by atoms with E-state index in [1.165, 1.54) is 26.2 Å². The molecule has 2 aliphatic heterocycles. The van der Waals surface area contributed by atoms with Gasteiger partial charge in [-0.3, -0.25) is 4.79 Å². The topological polar surface area (TPSA) is 245 Å². The van der Waals surface area contributed by atoms with E-state index in [0.717, 1.165) is 12.1 Å². The fraction of sp³-hybridized carbons (Fsp3) is 0.536. The molecule has 9 N–H and O–H groups in total. The van der Waals surface area contributed by atoms with Crippen LogP contribution in [0.5, 0.6) is 28.7 Å². The fourth-order valence-corrected chi connectivity index (χ4v) is 4.93. The number of aryl methyl sites for hydroxylation is 1. The smallest absolute Gasteiger partial charge is 0.229 e. The van der Waals surface area contributed by atoms with Crippen LogP contribution in [-0.2, 0) is 20.6 Å².